The summed E-state index contributed by atoms with van der Waals surface area (Å²) in [6.45, 7) is 0. The number of carbonyl (C=O) groups excluding carboxylic acids is 1. The molecule has 11 heavy (non-hydrogen) atoms. The highest BCUT2D eigenvalue weighted by atomic mass is 32.2. The van der Waals surface area contributed by atoms with Crippen LogP contribution >= 0.6 is 11.8 Å². The van der Waals surface area contributed by atoms with E-state index in [1.165, 1.54) is 7.11 Å². The highest BCUT2D eigenvalue weighted by molar-refractivity contribution is 8.00. The molecule has 1 aliphatic rings. The van der Waals surface area contributed by atoms with Gasteiger partial charge in [-0.05, 0) is 0 Å². The van der Waals surface area contributed by atoms with E-state index in [-0.39, 0.29) is 11.9 Å². The molecule has 0 spiro atoms. The number of ether oxygens (including phenoxy) is 1. The van der Waals surface area contributed by atoms with Crippen LogP contribution in [0.2, 0.25) is 0 Å². The van der Waals surface area contributed by atoms with Crippen LogP contribution in [-0.4, -0.2) is 35.5 Å². The van der Waals surface area contributed by atoms with Crippen LogP contribution in [0, 0.1) is 5.92 Å². The minimum atomic E-state index is -0.338. The van der Waals surface area contributed by atoms with E-state index in [1.807, 2.05) is 0 Å². The molecule has 1 rings (SSSR count). The summed E-state index contributed by atoms with van der Waals surface area (Å²) < 4.78 is 4.52. The molecule has 4 nitrogen and oxygen atoms in total. The second kappa shape index (κ2) is 3.61. The topological polar surface area (TPSA) is 58.9 Å². The molecule has 1 heterocycles. The fourth-order valence-electron chi connectivity index (χ4n) is 0.923. The molecule has 0 aliphatic carbocycles. The first kappa shape index (κ1) is 8.39. The summed E-state index contributed by atoms with van der Waals surface area (Å²) in [5.41, 5.74) is 0.516. The lowest BCUT2D eigenvalue weighted by Gasteiger charge is -2.04. The smallest absolute Gasteiger partial charge is 0.315 e. The highest BCUT2D eigenvalue weighted by Crippen LogP contribution is 2.22. The van der Waals surface area contributed by atoms with E-state index in [2.05, 4.69) is 9.89 Å². The molecule has 0 saturated carbocycles. The Balaban J connectivity index is 2.64. The SMILES string of the molecule is COC(=O)C1CSC/C1=N/O. The van der Waals surface area contributed by atoms with Crippen molar-refractivity contribution in [2.45, 2.75) is 0 Å². The fraction of sp³-hybridized carbons (Fsp3) is 0.667. The van der Waals surface area contributed by atoms with Gasteiger partial charge in [-0.3, -0.25) is 4.79 Å². The zero-order chi connectivity index (χ0) is 8.27. The van der Waals surface area contributed by atoms with Gasteiger partial charge in [-0.1, -0.05) is 5.16 Å². The number of thioether (sulfide) groups is 1. The van der Waals surface area contributed by atoms with E-state index in [0.717, 1.165) is 0 Å². The summed E-state index contributed by atoms with van der Waals surface area (Å²) in [6, 6.07) is 0. The summed E-state index contributed by atoms with van der Waals surface area (Å²) in [6.07, 6.45) is 0. The van der Waals surface area contributed by atoms with Crippen molar-refractivity contribution in [2.75, 3.05) is 18.6 Å². The molecule has 0 aromatic carbocycles. The van der Waals surface area contributed by atoms with E-state index >= 15 is 0 Å². The van der Waals surface area contributed by atoms with Crippen LogP contribution in [-0.2, 0) is 9.53 Å². The van der Waals surface area contributed by atoms with Crippen molar-refractivity contribution in [3.05, 3.63) is 0 Å². The molecule has 1 saturated heterocycles. The number of esters is 1. The van der Waals surface area contributed by atoms with E-state index in [0.29, 0.717) is 17.2 Å². The molecule has 1 N–H and O–H groups in total. The molecule has 1 unspecified atom stereocenters. The molecule has 0 amide bonds. The van der Waals surface area contributed by atoms with Crippen LogP contribution in [0.15, 0.2) is 5.16 Å². The van der Waals surface area contributed by atoms with Gasteiger partial charge in [-0.25, -0.2) is 0 Å². The Morgan fingerprint density at radius 1 is 1.91 bits per heavy atom. The second-order valence-corrected chi connectivity index (χ2v) is 3.21. The Labute approximate surface area is 68.6 Å². The van der Waals surface area contributed by atoms with Gasteiger partial charge in [-0.15, -0.1) is 0 Å². The molecule has 1 atom stereocenters. The van der Waals surface area contributed by atoms with Gasteiger partial charge < -0.3 is 9.94 Å². The maximum Gasteiger partial charge on any atom is 0.315 e. The van der Waals surface area contributed by atoms with Crippen LogP contribution in [0.5, 0.6) is 0 Å². The molecule has 0 aromatic heterocycles. The average Bonchev–Trinajstić information content (AvgIpc) is 2.50. The van der Waals surface area contributed by atoms with E-state index < -0.39 is 0 Å². The van der Waals surface area contributed by atoms with Crippen LogP contribution < -0.4 is 0 Å². The molecular formula is C6H9NO3S. The van der Waals surface area contributed by atoms with Gasteiger partial charge in [0.05, 0.1) is 12.8 Å². The van der Waals surface area contributed by atoms with Crippen molar-refractivity contribution in [1.29, 1.82) is 0 Å². The molecule has 0 bridgehead atoms. The molecule has 1 fully saturated rings. The highest BCUT2D eigenvalue weighted by Gasteiger charge is 2.30. The Hall–Kier alpha value is -0.710. The number of oxime groups is 1. The van der Waals surface area contributed by atoms with Crippen molar-refractivity contribution < 1.29 is 14.7 Å². The molecule has 62 valence electrons. The van der Waals surface area contributed by atoms with Gasteiger partial charge in [0.2, 0.25) is 0 Å². The van der Waals surface area contributed by atoms with Crippen molar-refractivity contribution in [3.8, 4) is 0 Å². The Bertz CT molecular complexity index is 192. The van der Waals surface area contributed by atoms with E-state index in [9.17, 15) is 4.79 Å². The lowest BCUT2D eigenvalue weighted by Crippen LogP contribution is -2.23. The van der Waals surface area contributed by atoms with Gasteiger partial charge in [-0.2, -0.15) is 11.8 Å². The summed E-state index contributed by atoms with van der Waals surface area (Å²) in [7, 11) is 1.33. The fourth-order valence-corrected chi connectivity index (χ4v) is 2.07. The number of hydrogen-bond acceptors (Lipinski definition) is 5. The Morgan fingerprint density at radius 3 is 3.18 bits per heavy atom. The van der Waals surface area contributed by atoms with Crippen molar-refractivity contribution in [1.82, 2.24) is 0 Å². The number of carbonyl (C=O) groups is 1. The maximum absolute atomic E-state index is 11.0. The molecule has 0 radical (unpaired) electrons. The minimum Gasteiger partial charge on any atom is -0.468 e. The Morgan fingerprint density at radius 2 is 2.64 bits per heavy atom. The predicted molar refractivity (Wildman–Crippen MR) is 42.1 cm³/mol. The van der Waals surface area contributed by atoms with E-state index in [1.54, 1.807) is 11.8 Å². The predicted octanol–water partition coefficient (Wildman–Crippen LogP) is 0.353. The van der Waals surface area contributed by atoms with Crippen molar-refractivity contribution in [3.63, 3.8) is 0 Å². The third-order valence-electron chi connectivity index (χ3n) is 1.55. The first-order valence-electron chi connectivity index (χ1n) is 3.16. The van der Waals surface area contributed by atoms with Gasteiger partial charge >= 0.3 is 5.97 Å². The lowest BCUT2D eigenvalue weighted by atomic mass is 10.1. The minimum absolute atomic E-state index is 0.317. The quantitative estimate of drug-likeness (QED) is 0.355. The van der Waals surface area contributed by atoms with Gasteiger partial charge in [0, 0.05) is 11.5 Å². The Kier molecular flexibility index (Phi) is 2.76. The number of rotatable bonds is 1. The van der Waals surface area contributed by atoms with Gasteiger partial charge in [0.15, 0.2) is 0 Å². The largest absolute Gasteiger partial charge is 0.468 e. The summed E-state index contributed by atoms with van der Waals surface area (Å²) >= 11 is 1.57. The number of nitrogens with zero attached hydrogens (tertiary/aromatic N) is 1. The molecule has 0 aromatic rings. The molecule has 1 aliphatic heterocycles. The van der Waals surface area contributed by atoms with Crippen molar-refractivity contribution in [2.24, 2.45) is 11.1 Å². The standard InChI is InChI=1S/C6H9NO3S/c1-10-6(8)4-2-11-3-5(4)7-9/h4,9H,2-3H2,1H3/b7-5-. The second-order valence-electron chi connectivity index (χ2n) is 2.18. The average molecular weight is 175 g/mol. The first-order chi connectivity index (χ1) is 5.29. The van der Waals surface area contributed by atoms with Crippen LogP contribution in [0.4, 0.5) is 0 Å². The van der Waals surface area contributed by atoms with Crippen LogP contribution in [0.1, 0.15) is 0 Å². The van der Waals surface area contributed by atoms with Crippen molar-refractivity contribution >= 4 is 23.4 Å². The maximum atomic E-state index is 11.0. The van der Waals surface area contributed by atoms with Gasteiger partial charge in [0.25, 0.3) is 0 Å². The third-order valence-corrected chi connectivity index (χ3v) is 2.62. The van der Waals surface area contributed by atoms with Gasteiger partial charge in [0.1, 0.15) is 5.92 Å². The number of hydrogen-bond donors (Lipinski definition) is 1. The van der Waals surface area contributed by atoms with E-state index in [4.69, 9.17) is 5.21 Å². The third kappa shape index (κ3) is 1.65. The molecular weight excluding hydrogens is 166 g/mol. The monoisotopic (exact) mass is 175 g/mol. The summed E-state index contributed by atoms with van der Waals surface area (Å²) in [4.78, 5) is 11.0. The lowest BCUT2D eigenvalue weighted by molar-refractivity contribution is -0.142. The first-order valence-corrected chi connectivity index (χ1v) is 4.31. The summed E-state index contributed by atoms with van der Waals surface area (Å²) in [5, 5.41) is 11.5. The van der Waals surface area contributed by atoms with Crippen LogP contribution in [0.3, 0.4) is 0 Å². The number of methoxy groups -OCH3 is 1. The summed E-state index contributed by atoms with van der Waals surface area (Å²) in [5.74, 6) is 0.625. The zero-order valence-corrected chi connectivity index (χ0v) is 6.93. The van der Waals surface area contributed by atoms with Crippen LogP contribution in [0.25, 0.3) is 0 Å². The normalized spacial score (nSPS) is 27.4. The molecule has 5 heteroatoms. The zero-order valence-electron chi connectivity index (χ0n) is 6.11.